The van der Waals surface area contributed by atoms with Gasteiger partial charge in [0, 0.05) is 0 Å². The van der Waals surface area contributed by atoms with Crippen LogP contribution in [0.3, 0.4) is 0 Å². The van der Waals surface area contributed by atoms with Crippen LogP contribution in [0.15, 0.2) is 50.1 Å². The van der Waals surface area contributed by atoms with E-state index in [9.17, 15) is 0 Å². The van der Waals surface area contributed by atoms with Crippen LogP contribution < -0.4 is 0 Å². The molecular weight excluding hydrogens is 260 g/mol. The smallest absolute Gasteiger partial charge is 0.185 e. The summed E-state index contributed by atoms with van der Waals surface area (Å²) in [5.74, 6) is 0. The molecule has 0 aliphatic rings. The Kier molecular flexibility index (Phi) is 7.18. The molecule has 0 saturated carbocycles. The van der Waals surface area contributed by atoms with Crippen LogP contribution in [0.5, 0.6) is 0 Å². The van der Waals surface area contributed by atoms with Crippen molar-refractivity contribution >= 4 is 8.32 Å². The lowest BCUT2D eigenvalue weighted by Crippen LogP contribution is -2.27. The first-order valence-electron chi connectivity index (χ1n) is 7.04. The third-order valence-corrected chi connectivity index (χ3v) is 3.76. The normalized spacial score (nSPS) is 13.1. The SMILES string of the molecule is C=C.C=CC(O[Si](C)(C)C)c1ccc(C(C)(C)C)cc1. The summed E-state index contributed by atoms with van der Waals surface area (Å²) in [6.07, 6.45) is 1.91. The largest absolute Gasteiger partial charge is 0.407 e. The molecule has 0 aliphatic heterocycles. The van der Waals surface area contributed by atoms with Gasteiger partial charge in [0.15, 0.2) is 8.32 Å². The molecule has 0 amide bonds. The van der Waals surface area contributed by atoms with Gasteiger partial charge in [-0.15, -0.1) is 19.7 Å². The molecule has 0 bridgehead atoms. The molecule has 112 valence electrons. The Bertz CT molecular complexity index is 407. The minimum absolute atomic E-state index is 0.0192. The summed E-state index contributed by atoms with van der Waals surface area (Å²) < 4.78 is 6.12. The van der Waals surface area contributed by atoms with E-state index in [1.165, 1.54) is 11.1 Å². The van der Waals surface area contributed by atoms with Gasteiger partial charge < -0.3 is 4.43 Å². The van der Waals surface area contributed by atoms with Crippen molar-refractivity contribution in [2.24, 2.45) is 0 Å². The third kappa shape index (κ3) is 6.35. The van der Waals surface area contributed by atoms with E-state index in [4.69, 9.17) is 4.43 Å². The first kappa shape index (κ1) is 18.9. The average Bonchev–Trinajstić information content (AvgIpc) is 2.36. The van der Waals surface area contributed by atoms with Crippen LogP contribution in [0.2, 0.25) is 19.6 Å². The van der Waals surface area contributed by atoms with Crippen molar-refractivity contribution in [3.05, 3.63) is 61.2 Å². The van der Waals surface area contributed by atoms with Crippen molar-refractivity contribution < 1.29 is 4.43 Å². The van der Waals surface area contributed by atoms with Crippen LogP contribution in [0.25, 0.3) is 0 Å². The lowest BCUT2D eigenvalue weighted by molar-refractivity contribution is 0.248. The highest BCUT2D eigenvalue weighted by Crippen LogP contribution is 2.27. The van der Waals surface area contributed by atoms with Gasteiger partial charge in [0.1, 0.15) is 0 Å². The average molecular weight is 291 g/mol. The minimum Gasteiger partial charge on any atom is -0.407 e. The fraction of sp³-hybridized carbons (Fsp3) is 0.444. The van der Waals surface area contributed by atoms with E-state index in [2.05, 4.69) is 84.4 Å². The van der Waals surface area contributed by atoms with Crippen molar-refractivity contribution in [2.45, 2.75) is 51.9 Å². The summed E-state index contributed by atoms with van der Waals surface area (Å²) in [6.45, 7) is 23.2. The zero-order chi connectivity index (χ0) is 16.0. The van der Waals surface area contributed by atoms with Crippen LogP contribution in [-0.2, 0) is 9.84 Å². The van der Waals surface area contributed by atoms with Crippen LogP contribution in [0, 0.1) is 0 Å². The Morgan fingerprint density at radius 3 is 1.80 bits per heavy atom. The van der Waals surface area contributed by atoms with Gasteiger partial charge in [-0.1, -0.05) is 51.1 Å². The summed E-state index contributed by atoms with van der Waals surface area (Å²) >= 11 is 0. The van der Waals surface area contributed by atoms with Gasteiger partial charge in [-0.3, -0.25) is 0 Å². The van der Waals surface area contributed by atoms with E-state index >= 15 is 0 Å². The summed E-state index contributed by atoms with van der Waals surface area (Å²) in [6, 6.07) is 8.71. The molecule has 2 heteroatoms. The molecule has 1 atom stereocenters. The van der Waals surface area contributed by atoms with Crippen molar-refractivity contribution in [3.63, 3.8) is 0 Å². The van der Waals surface area contributed by atoms with Crippen molar-refractivity contribution in [1.29, 1.82) is 0 Å². The molecule has 0 radical (unpaired) electrons. The minimum atomic E-state index is -1.55. The van der Waals surface area contributed by atoms with E-state index in [1.54, 1.807) is 0 Å². The van der Waals surface area contributed by atoms with Gasteiger partial charge >= 0.3 is 0 Å². The molecule has 0 spiro atoms. The number of hydrogen-bond acceptors (Lipinski definition) is 1. The first-order valence-corrected chi connectivity index (χ1v) is 10.4. The molecule has 1 aromatic rings. The third-order valence-electron chi connectivity index (χ3n) is 2.80. The highest BCUT2D eigenvalue weighted by molar-refractivity contribution is 6.69. The Morgan fingerprint density at radius 2 is 1.50 bits per heavy atom. The molecule has 0 heterocycles. The molecule has 1 unspecified atom stereocenters. The topological polar surface area (TPSA) is 9.23 Å². The molecule has 0 aromatic heterocycles. The number of benzene rings is 1. The van der Waals surface area contributed by atoms with Crippen LogP contribution in [-0.4, -0.2) is 8.32 Å². The fourth-order valence-electron chi connectivity index (χ4n) is 1.81. The molecular formula is C18H30OSi. The molecule has 0 aliphatic carbocycles. The molecule has 1 rings (SSSR count). The fourth-order valence-corrected chi connectivity index (χ4v) is 2.80. The highest BCUT2D eigenvalue weighted by Gasteiger charge is 2.21. The maximum absolute atomic E-state index is 6.12. The Morgan fingerprint density at radius 1 is 1.05 bits per heavy atom. The van der Waals surface area contributed by atoms with E-state index in [1.807, 2.05) is 6.08 Å². The van der Waals surface area contributed by atoms with E-state index < -0.39 is 8.32 Å². The van der Waals surface area contributed by atoms with Crippen LogP contribution in [0.1, 0.15) is 38.0 Å². The van der Waals surface area contributed by atoms with Crippen LogP contribution >= 0.6 is 0 Å². The van der Waals surface area contributed by atoms with Gasteiger partial charge in [-0.2, -0.15) is 0 Å². The highest BCUT2D eigenvalue weighted by atomic mass is 28.4. The summed E-state index contributed by atoms with van der Waals surface area (Å²) in [5.41, 5.74) is 2.74. The second-order valence-corrected chi connectivity index (χ2v) is 11.2. The van der Waals surface area contributed by atoms with Crippen molar-refractivity contribution in [3.8, 4) is 0 Å². The Hall–Kier alpha value is -1.12. The molecule has 0 fully saturated rings. The molecule has 20 heavy (non-hydrogen) atoms. The van der Waals surface area contributed by atoms with Crippen LogP contribution in [0.4, 0.5) is 0 Å². The Balaban J connectivity index is 0.00000172. The molecule has 1 aromatic carbocycles. The standard InChI is InChI=1S/C16H26OSi.C2H4/c1-8-15(17-18(5,6)7)13-9-11-14(12-10-13)16(2,3)4;1-2/h8-12,15H,1H2,2-7H3;1-2H2. The summed E-state index contributed by atoms with van der Waals surface area (Å²) in [4.78, 5) is 0. The lowest BCUT2D eigenvalue weighted by atomic mass is 9.86. The monoisotopic (exact) mass is 290 g/mol. The predicted molar refractivity (Wildman–Crippen MR) is 93.8 cm³/mol. The zero-order valence-electron chi connectivity index (χ0n) is 14.0. The van der Waals surface area contributed by atoms with Gasteiger partial charge in [0.25, 0.3) is 0 Å². The van der Waals surface area contributed by atoms with E-state index in [0.717, 1.165) is 0 Å². The summed E-state index contributed by atoms with van der Waals surface area (Å²) in [7, 11) is -1.55. The second kappa shape index (κ2) is 7.60. The maximum Gasteiger partial charge on any atom is 0.185 e. The lowest BCUT2D eigenvalue weighted by Gasteiger charge is -2.25. The number of hydrogen-bond donors (Lipinski definition) is 0. The maximum atomic E-state index is 6.12. The second-order valence-electron chi connectivity index (χ2n) is 6.76. The first-order chi connectivity index (χ1) is 9.13. The van der Waals surface area contributed by atoms with Crippen molar-refractivity contribution in [2.75, 3.05) is 0 Å². The van der Waals surface area contributed by atoms with Crippen molar-refractivity contribution in [1.82, 2.24) is 0 Å². The van der Waals surface area contributed by atoms with E-state index in [0.29, 0.717) is 0 Å². The molecule has 0 saturated heterocycles. The van der Waals surface area contributed by atoms with Gasteiger partial charge in [0.2, 0.25) is 0 Å². The molecule has 0 N–H and O–H groups in total. The van der Waals surface area contributed by atoms with Gasteiger partial charge in [-0.05, 0) is 36.2 Å². The van der Waals surface area contributed by atoms with E-state index in [-0.39, 0.29) is 11.5 Å². The van der Waals surface area contributed by atoms with Gasteiger partial charge in [-0.25, -0.2) is 0 Å². The molecule has 1 nitrogen and oxygen atoms in total. The predicted octanol–water partition coefficient (Wildman–Crippen LogP) is 5.86. The quantitative estimate of drug-likeness (QED) is 0.498. The van der Waals surface area contributed by atoms with Gasteiger partial charge in [0.05, 0.1) is 6.10 Å². The zero-order valence-corrected chi connectivity index (χ0v) is 15.0. The number of rotatable bonds is 4. The Labute approximate surface area is 126 Å². The summed E-state index contributed by atoms with van der Waals surface area (Å²) in [5, 5.41) is 0.